The summed E-state index contributed by atoms with van der Waals surface area (Å²) >= 11 is 0. The van der Waals surface area contributed by atoms with Crippen LogP contribution in [0.1, 0.15) is 27.7 Å². The molecular weight excluding hydrogens is 280 g/mol. The topological polar surface area (TPSA) is 116 Å². The SMILES string of the molecule is CC(C)(CO)C(=O)OCCOCCO.CC(C)(CO)CO. The first-order valence-electron chi connectivity index (χ1n) is 6.85. The van der Waals surface area contributed by atoms with Gasteiger partial charge in [-0.25, -0.2) is 0 Å². The smallest absolute Gasteiger partial charge is 0.313 e. The van der Waals surface area contributed by atoms with Crippen LogP contribution in [0.15, 0.2) is 0 Å². The number of carbonyl (C=O) groups excluding carboxylic acids is 1. The molecule has 4 N–H and O–H groups in total. The van der Waals surface area contributed by atoms with E-state index in [1.54, 1.807) is 27.7 Å². The first-order chi connectivity index (χ1) is 9.66. The molecule has 0 fully saturated rings. The monoisotopic (exact) mass is 310 g/mol. The summed E-state index contributed by atoms with van der Waals surface area (Å²) < 4.78 is 9.73. The summed E-state index contributed by atoms with van der Waals surface area (Å²) in [5.74, 6) is -0.451. The molecule has 0 saturated heterocycles. The van der Waals surface area contributed by atoms with Gasteiger partial charge in [-0.05, 0) is 13.8 Å². The molecule has 0 aromatic heterocycles. The van der Waals surface area contributed by atoms with E-state index < -0.39 is 11.4 Å². The van der Waals surface area contributed by atoms with Gasteiger partial charge in [-0.3, -0.25) is 4.79 Å². The van der Waals surface area contributed by atoms with Gasteiger partial charge in [0.15, 0.2) is 0 Å². The van der Waals surface area contributed by atoms with E-state index in [-0.39, 0.29) is 51.7 Å². The van der Waals surface area contributed by atoms with Crippen LogP contribution in [0.2, 0.25) is 0 Å². The summed E-state index contributed by atoms with van der Waals surface area (Å²) in [6.45, 7) is 7.23. The van der Waals surface area contributed by atoms with E-state index in [1.165, 1.54) is 0 Å². The van der Waals surface area contributed by atoms with Gasteiger partial charge in [-0.1, -0.05) is 13.8 Å². The van der Waals surface area contributed by atoms with Crippen LogP contribution in [-0.2, 0) is 14.3 Å². The highest BCUT2D eigenvalue weighted by atomic mass is 16.6. The van der Waals surface area contributed by atoms with Gasteiger partial charge in [0.1, 0.15) is 6.61 Å². The van der Waals surface area contributed by atoms with E-state index in [0.717, 1.165) is 0 Å². The second kappa shape index (κ2) is 11.9. The molecule has 0 aliphatic carbocycles. The highest BCUT2D eigenvalue weighted by Crippen LogP contribution is 2.15. The number of rotatable bonds is 9. The van der Waals surface area contributed by atoms with Gasteiger partial charge in [0.2, 0.25) is 0 Å². The number of ether oxygens (including phenoxy) is 2. The minimum atomic E-state index is -0.864. The Morgan fingerprint density at radius 3 is 1.71 bits per heavy atom. The van der Waals surface area contributed by atoms with Crippen molar-refractivity contribution in [1.29, 1.82) is 0 Å². The Bertz CT molecular complexity index is 258. The fourth-order valence-electron chi connectivity index (χ4n) is 0.670. The molecule has 0 aliphatic heterocycles. The third-order valence-corrected chi connectivity index (χ3v) is 2.50. The Kier molecular flexibility index (Phi) is 12.8. The second-order valence-electron chi connectivity index (χ2n) is 5.99. The van der Waals surface area contributed by atoms with E-state index in [0.29, 0.717) is 0 Å². The Morgan fingerprint density at radius 1 is 0.857 bits per heavy atom. The lowest BCUT2D eigenvalue weighted by Crippen LogP contribution is -2.31. The normalized spacial score (nSPS) is 11.6. The average molecular weight is 310 g/mol. The number of hydrogen-bond acceptors (Lipinski definition) is 7. The maximum atomic E-state index is 11.2. The summed E-state index contributed by atoms with van der Waals surface area (Å²) in [5, 5.41) is 34.1. The minimum absolute atomic E-state index is 0.0451. The van der Waals surface area contributed by atoms with Gasteiger partial charge in [0, 0.05) is 5.41 Å². The van der Waals surface area contributed by atoms with Crippen LogP contribution in [-0.4, -0.2) is 72.6 Å². The predicted molar refractivity (Wildman–Crippen MR) is 77.7 cm³/mol. The van der Waals surface area contributed by atoms with Crippen LogP contribution < -0.4 is 0 Å². The Balaban J connectivity index is 0. The summed E-state index contributed by atoms with van der Waals surface area (Å²) in [5.41, 5.74) is -1.17. The van der Waals surface area contributed by atoms with E-state index in [9.17, 15) is 4.79 Å². The van der Waals surface area contributed by atoms with Crippen LogP contribution in [0.5, 0.6) is 0 Å². The zero-order chi connectivity index (χ0) is 16.9. The molecule has 128 valence electrons. The van der Waals surface area contributed by atoms with Crippen LogP contribution in [0.3, 0.4) is 0 Å². The summed E-state index contributed by atoms with van der Waals surface area (Å²) in [6.07, 6.45) is 0. The Labute approximate surface area is 126 Å². The molecule has 7 nitrogen and oxygen atoms in total. The molecule has 0 spiro atoms. The van der Waals surface area contributed by atoms with Crippen molar-refractivity contribution in [2.75, 3.05) is 46.2 Å². The van der Waals surface area contributed by atoms with Crippen LogP contribution in [0.25, 0.3) is 0 Å². The molecule has 0 aromatic carbocycles. The average Bonchev–Trinajstić information content (AvgIpc) is 2.47. The Hall–Kier alpha value is -0.730. The molecule has 0 saturated carbocycles. The quantitative estimate of drug-likeness (QED) is 0.337. The van der Waals surface area contributed by atoms with E-state index in [4.69, 9.17) is 29.9 Å². The van der Waals surface area contributed by atoms with Gasteiger partial charge in [0.05, 0.1) is 45.1 Å². The lowest BCUT2D eigenvalue weighted by Gasteiger charge is -2.19. The summed E-state index contributed by atoms with van der Waals surface area (Å²) in [4.78, 5) is 11.2. The number of aliphatic hydroxyl groups excluding tert-OH is 4. The maximum absolute atomic E-state index is 11.2. The highest BCUT2D eigenvalue weighted by molar-refractivity contribution is 5.75. The molecule has 7 heteroatoms. The molecule has 0 heterocycles. The van der Waals surface area contributed by atoms with Gasteiger partial charge in [-0.15, -0.1) is 0 Å². The maximum Gasteiger partial charge on any atom is 0.313 e. The lowest BCUT2D eigenvalue weighted by atomic mass is 9.95. The molecule has 0 aliphatic rings. The first kappa shape index (κ1) is 22.5. The molecule has 0 unspecified atom stereocenters. The van der Waals surface area contributed by atoms with Crippen molar-refractivity contribution in [3.8, 4) is 0 Å². The largest absolute Gasteiger partial charge is 0.463 e. The van der Waals surface area contributed by atoms with Crippen molar-refractivity contribution in [1.82, 2.24) is 0 Å². The number of aliphatic hydroxyl groups is 4. The molecular formula is C14H30O7. The van der Waals surface area contributed by atoms with E-state index in [2.05, 4.69) is 0 Å². The molecule has 0 radical (unpaired) electrons. The zero-order valence-corrected chi connectivity index (χ0v) is 13.5. The highest BCUT2D eigenvalue weighted by Gasteiger charge is 2.28. The fourth-order valence-corrected chi connectivity index (χ4v) is 0.670. The molecule has 0 amide bonds. The molecule has 0 bridgehead atoms. The predicted octanol–water partition coefficient (Wildman–Crippen LogP) is -0.446. The lowest BCUT2D eigenvalue weighted by molar-refractivity contribution is -0.157. The van der Waals surface area contributed by atoms with Crippen LogP contribution >= 0.6 is 0 Å². The number of hydrogen-bond donors (Lipinski definition) is 4. The number of esters is 1. The summed E-state index contributed by atoms with van der Waals surface area (Å²) in [7, 11) is 0. The van der Waals surface area contributed by atoms with Crippen molar-refractivity contribution in [2.24, 2.45) is 10.8 Å². The molecule has 0 atom stereocenters. The fraction of sp³-hybridized carbons (Fsp3) is 0.929. The second-order valence-corrected chi connectivity index (χ2v) is 5.99. The van der Waals surface area contributed by atoms with Gasteiger partial charge >= 0.3 is 5.97 Å². The third-order valence-electron chi connectivity index (χ3n) is 2.50. The first-order valence-corrected chi connectivity index (χ1v) is 6.85. The van der Waals surface area contributed by atoms with Crippen molar-refractivity contribution in [2.45, 2.75) is 27.7 Å². The number of carbonyl (C=O) groups is 1. The van der Waals surface area contributed by atoms with Gasteiger partial charge < -0.3 is 29.9 Å². The van der Waals surface area contributed by atoms with Crippen molar-refractivity contribution in [3.05, 3.63) is 0 Å². The molecule has 0 rings (SSSR count). The van der Waals surface area contributed by atoms with Crippen molar-refractivity contribution in [3.63, 3.8) is 0 Å². The van der Waals surface area contributed by atoms with Crippen LogP contribution in [0.4, 0.5) is 0 Å². The van der Waals surface area contributed by atoms with Crippen molar-refractivity contribution < 1.29 is 34.7 Å². The molecule has 21 heavy (non-hydrogen) atoms. The standard InChI is InChI=1S/C9H18O5.C5H12O2/c1-9(2,7-11)8(12)14-6-5-13-4-3-10;1-5(2,3-6)4-7/h10-11H,3-7H2,1-2H3;6-7H,3-4H2,1-2H3. The summed E-state index contributed by atoms with van der Waals surface area (Å²) in [6, 6.07) is 0. The molecule has 0 aromatic rings. The van der Waals surface area contributed by atoms with Crippen LogP contribution in [0, 0.1) is 10.8 Å². The van der Waals surface area contributed by atoms with Crippen molar-refractivity contribution >= 4 is 5.97 Å². The zero-order valence-electron chi connectivity index (χ0n) is 13.5. The van der Waals surface area contributed by atoms with Gasteiger partial charge in [0.25, 0.3) is 0 Å². The van der Waals surface area contributed by atoms with E-state index >= 15 is 0 Å². The Morgan fingerprint density at radius 2 is 1.38 bits per heavy atom. The third kappa shape index (κ3) is 12.7. The minimum Gasteiger partial charge on any atom is -0.463 e. The van der Waals surface area contributed by atoms with E-state index in [1.807, 2.05) is 0 Å². The van der Waals surface area contributed by atoms with Gasteiger partial charge in [-0.2, -0.15) is 0 Å².